The second-order valence-electron chi connectivity index (χ2n) is 4.41. The van der Waals surface area contributed by atoms with Crippen LogP contribution in [-0.2, 0) is 14.3 Å². The highest BCUT2D eigenvalue weighted by Gasteiger charge is 2.06. The standard InChI is InChI=1S/C16H12BrClN2O3/c17-12-3-1-2-11(8-12)4-7-16(22)23-10-15(21)20-14-6-5-13(18)9-19-14/h1-9H,10H2,(H,19,20,21). The van der Waals surface area contributed by atoms with Crippen molar-refractivity contribution in [2.24, 2.45) is 0 Å². The molecule has 0 spiro atoms. The minimum absolute atomic E-state index is 0.333. The predicted octanol–water partition coefficient (Wildman–Crippen LogP) is 3.69. The van der Waals surface area contributed by atoms with E-state index in [-0.39, 0.29) is 0 Å². The minimum Gasteiger partial charge on any atom is -0.452 e. The van der Waals surface area contributed by atoms with Crippen LogP contribution in [0.15, 0.2) is 53.1 Å². The Morgan fingerprint density at radius 2 is 2.13 bits per heavy atom. The normalized spacial score (nSPS) is 10.5. The molecule has 1 amide bonds. The van der Waals surface area contributed by atoms with Crippen LogP contribution in [0.5, 0.6) is 0 Å². The molecule has 1 N–H and O–H groups in total. The molecule has 1 heterocycles. The van der Waals surface area contributed by atoms with Crippen LogP contribution in [0.25, 0.3) is 6.08 Å². The van der Waals surface area contributed by atoms with Gasteiger partial charge in [-0.2, -0.15) is 0 Å². The number of aromatic nitrogens is 1. The maximum atomic E-state index is 11.6. The Hall–Kier alpha value is -2.18. The Labute approximate surface area is 146 Å². The highest BCUT2D eigenvalue weighted by Crippen LogP contribution is 2.12. The van der Waals surface area contributed by atoms with Gasteiger partial charge in [0, 0.05) is 16.7 Å². The molecule has 1 aromatic heterocycles. The summed E-state index contributed by atoms with van der Waals surface area (Å²) in [5.74, 6) is -0.756. The van der Waals surface area contributed by atoms with Gasteiger partial charge >= 0.3 is 5.97 Å². The summed E-state index contributed by atoms with van der Waals surface area (Å²) < 4.78 is 5.75. The molecular weight excluding hydrogens is 384 g/mol. The van der Waals surface area contributed by atoms with Crippen molar-refractivity contribution in [3.05, 3.63) is 63.7 Å². The smallest absolute Gasteiger partial charge is 0.331 e. The molecule has 0 atom stereocenters. The van der Waals surface area contributed by atoms with Crippen LogP contribution >= 0.6 is 27.5 Å². The lowest BCUT2D eigenvalue weighted by atomic mass is 10.2. The fraction of sp³-hybridized carbons (Fsp3) is 0.0625. The summed E-state index contributed by atoms with van der Waals surface area (Å²) in [4.78, 5) is 27.1. The Morgan fingerprint density at radius 3 is 2.83 bits per heavy atom. The molecular formula is C16H12BrClN2O3. The van der Waals surface area contributed by atoms with E-state index in [0.717, 1.165) is 10.0 Å². The summed E-state index contributed by atoms with van der Waals surface area (Å²) in [6.45, 7) is -0.397. The van der Waals surface area contributed by atoms with Crippen LogP contribution in [-0.4, -0.2) is 23.5 Å². The van der Waals surface area contributed by atoms with Crippen molar-refractivity contribution < 1.29 is 14.3 Å². The summed E-state index contributed by atoms with van der Waals surface area (Å²) in [5.41, 5.74) is 0.839. The number of hydrogen-bond acceptors (Lipinski definition) is 4. The lowest BCUT2D eigenvalue weighted by Gasteiger charge is -2.04. The molecule has 0 aliphatic rings. The van der Waals surface area contributed by atoms with Crippen molar-refractivity contribution in [1.29, 1.82) is 0 Å². The van der Waals surface area contributed by atoms with E-state index >= 15 is 0 Å². The van der Waals surface area contributed by atoms with Crippen LogP contribution in [0.4, 0.5) is 5.82 Å². The number of carbonyl (C=O) groups excluding carboxylic acids is 2. The van der Waals surface area contributed by atoms with E-state index in [1.54, 1.807) is 18.2 Å². The minimum atomic E-state index is -0.607. The van der Waals surface area contributed by atoms with Gasteiger partial charge in [-0.1, -0.05) is 39.7 Å². The zero-order valence-corrected chi connectivity index (χ0v) is 14.2. The largest absolute Gasteiger partial charge is 0.452 e. The van der Waals surface area contributed by atoms with Crippen LogP contribution < -0.4 is 5.32 Å². The summed E-state index contributed by atoms with van der Waals surface area (Å²) >= 11 is 9.03. The van der Waals surface area contributed by atoms with E-state index < -0.39 is 18.5 Å². The first-order valence-corrected chi connectivity index (χ1v) is 7.72. The summed E-state index contributed by atoms with van der Waals surface area (Å²) in [7, 11) is 0. The van der Waals surface area contributed by atoms with Crippen molar-refractivity contribution in [3.63, 3.8) is 0 Å². The van der Waals surface area contributed by atoms with Gasteiger partial charge in [0.2, 0.25) is 0 Å². The van der Waals surface area contributed by atoms with Gasteiger partial charge in [0.05, 0.1) is 5.02 Å². The lowest BCUT2D eigenvalue weighted by molar-refractivity contribution is -0.142. The Kier molecular flexibility index (Phi) is 6.31. The fourth-order valence-electron chi connectivity index (χ4n) is 1.59. The molecule has 0 saturated heterocycles. The highest BCUT2D eigenvalue weighted by atomic mass is 79.9. The van der Waals surface area contributed by atoms with Crippen molar-refractivity contribution in [2.75, 3.05) is 11.9 Å². The Balaban J connectivity index is 1.79. The van der Waals surface area contributed by atoms with Gasteiger partial charge < -0.3 is 10.1 Å². The van der Waals surface area contributed by atoms with Gasteiger partial charge in [-0.25, -0.2) is 9.78 Å². The van der Waals surface area contributed by atoms with Gasteiger partial charge in [0.1, 0.15) is 5.82 Å². The van der Waals surface area contributed by atoms with Gasteiger partial charge in [-0.15, -0.1) is 0 Å². The van der Waals surface area contributed by atoms with Crippen molar-refractivity contribution in [3.8, 4) is 0 Å². The number of benzene rings is 1. The number of nitrogens with one attached hydrogen (secondary N) is 1. The maximum absolute atomic E-state index is 11.6. The van der Waals surface area contributed by atoms with Gasteiger partial charge in [0.25, 0.3) is 5.91 Å². The van der Waals surface area contributed by atoms with E-state index in [1.165, 1.54) is 12.3 Å². The van der Waals surface area contributed by atoms with Gasteiger partial charge in [-0.3, -0.25) is 4.79 Å². The third-order valence-electron chi connectivity index (χ3n) is 2.60. The van der Waals surface area contributed by atoms with E-state index in [1.807, 2.05) is 24.3 Å². The third kappa shape index (κ3) is 6.22. The molecule has 0 unspecified atom stereocenters. The molecule has 23 heavy (non-hydrogen) atoms. The van der Waals surface area contributed by atoms with Crippen molar-refractivity contribution in [1.82, 2.24) is 4.98 Å². The number of hydrogen-bond donors (Lipinski definition) is 1. The fourth-order valence-corrected chi connectivity index (χ4v) is 2.12. The average molecular weight is 396 g/mol. The monoisotopic (exact) mass is 394 g/mol. The average Bonchev–Trinajstić information content (AvgIpc) is 2.53. The number of pyridine rings is 1. The molecule has 1 aromatic carbocycles. The second-order valence-corrected chi connectivity index (χ2v) is 5.76. The molecule has 0 aliphatic carbocycles. The summed E-state index contributed by atoms with van der Waals surface area (Å²) in [6.07, 6.45) is 4.27. The molecule has 0 saturated carbocycles. The number of nitrogens with zero attached hydrogens (tertiary/aromatic N) is 1. The third-order valence-corrected chi connectivity index (χ3v) is 3.32. The molecule has 2 aromatic rings. The second kappa shape index (κ2) is 8.45. The Morgan fingerprint density at radius 1 is 1.30 bits per heavy atom. The number of anilines is 1. The zero-order chi connectivity index (χ0) is 16.7. The molecule has 0 radical (unpaired) electrons. The predicted molar refractivity (Wildman–Crippen MR) is 92.0 cm³/mol. The lowest BCUT2D eigenvalue weighted by Crippen LogP contribution is -2.20. The first-order valence-electron chi connectivity index (χ1n) is 6.55. The van der Waals surface area contributed by atoms with E-state index in [4.69, 9.17) is 16.3 Å². The van der Waals surface area contributed by atoms with Crippen molar-refractivity contribution >= 4 is 51.3 Å². The number of carbonyl (C=O) groups is 2. The SMILES string of the molecule is O=C(COC(=O)C=Cc1cccc(Br)c1)Nc1ccc(Cl)cn1. The van der Waals surface area contributed by atoms with Crippen LogP contribution in [0.2, 0.25) is 5.02 Å². The first kappa shape index (κ1) is 17.2. The number of ether oxygens (including phenoxy) is 1. The summed E-state index contributed by atoms with van der Waals surface area (Å²) in [5, 5.41) is 2.95. The van der Waals surface area contributed by atoms with Gasteiger partial charge in [0.15, 0.2) is 6.61 Å². The molecule has 0 fully saturated rings. The number of esters is 1. The highest BCUT2D eigenvalue weighted by molar-refractivity contribution is 9.10. The first-order chi connectivity index (χ1) is 11.0. The quantitative estimate of drug-likeness (QED) is 0.619. The number of amides is 1. The topological polar surface area (TPSA) is 68.3 Å². The Bertz CT molecular complexity index is 732. The van der Waals surface area contributed by atoms with Gasteiger partial charge in [-0.05, 0) is 35.9 Å². The molecule has 118 valence electrons. The van der Waals surface area contributed by atoms with E-state index in [9.17, 15) is 9.59 Å². The zero-order valence-electron chi connectivity index (χ0n) is 11.8. The molecule has 7 heteroatoms. The molecule has 0 bridgehead atoms. The molecule has 2 rings (SSSR count). The van der Waals surface area contributed by atoms with E-state index in [2.05, 4.69) is 26.2 Å². The van der Waals surface area contributed by atoms with Crippen LogP contribution in [0, 0.1) is 0 Å². The van der Waals surface area contributed by atoms with Crippen LogP contribution in [0.3, 0.4) is 0 Å². The van der Waals surface area contributed by atoms with Crippen molar-refractivity contribution in [2.45, 2.75) is 0 Å². The number of rotatable bonds is 5. The molecule has 5 nitrogen and oxygen atoms in total. The summed E-state index contributed by atoms with van der Waals surface area (Å²) in [6, 6.07) is 10.6. The maximum Gasteiger partial charge on any atom is 0.331 e. The van der Waals surface area contributed by atoms with E-state index in [0.29, 0.717) is 10.8 Å². The number of halogens is 2. The van der Waals surface area contributed by atoms with Crippen LogP contribution in [0.1, 0.15) is 5.56 Å². The molecule has 0 aliphatic heterocycles.